The number of piperidine rings is 1. The van der Waals surface area contributed by atoms with Gasteiger partial charge < -0.3 is 9.84 Å². The van der Waals surface area contributed by atoms with Gasteiger partial charge in [0.25, 0.3) is 0 Å². The largest absolute Gasteiger partial charge is 0.352 e. The van der Waals surface area contributed by atoms with Crippen LogP contribution in [0.5, 0.6) is 0 Å². The topological polar surface area (TPSA) is 71.3 Å². The summed E-state index contributed by atoms with van der Waals surface area (Å²) in [5.41, 5.74) is 2.47. The third kappa shape index (κ3) is 6.67. The first-order valence-corrected chi connectivity index (χ1v) is 10.9. The fourth-order valence-corrected chi connectivity index (χ4v) is 3.68. The van der Waals surface area contributed by atoms with Crippen molar-refractivity contribution < 1.29 is 9.32 Å². The molecule has 3 rings (SSSR count). The van der Waals surface area contributed by atoms with Crippen molar-refractivity contribution in [1.82, 2.24) is 20.4 Å². The molecule has 29 heavy (non-hydrogen) atoms. The lowest BCUT2D eigenvalue weighted by Gasteiger charge is -2.33. The van der Waals surface area contributed by atoms with Gasteiger partial charge in [0, 0.05) is 37.9 Å². The number of nitrogens with one attached hydrogen (secondary N) is 1. The number of carbonyl (C=O) groups excluding carboxylic acids is 1. The highest BCUT2D eigenvalue weighted by Gasteiger charge is 2.18. The molecule has 0 saturated carbocycles. The molecule has 1 aliphatic heterocycles. The predicted octanol–water partition coefficient (Wildman–Crippen LogP) is 4.21. The fourth-order valence-electron chi connectivity index (χ4n) is 3.68. The number of nitrogens with zero attached hydrogens (tertiary/aromatic N) is 3. The first kappa shape index (κ1) is 21.5. The number of carbonyl (C=O) groups is 1. The summed E-state index contributed by atoms with van der Waals surface area (Å²) in [5.74, 6) is 1.65. The minimum Gasteiger partial charge on any atom is -0.352 e. The van der Waals surface area contributed by atoms with Gasteiger partial charge >= 0.3 is 0 Å². The van der Waals surface area contributed by atoms with Gasteiger partial charge in [-0.1, -0.05) is 49.7 Å². The van der Waals surface area contributed by atoms with Crippen molar-refractivity contribution in [3.05, 3.63) is 47.1 Å². The summed E-state index contributed by atoms with van der Waals surface area (Å²) in [6.45, 7) is 9.16. The highest BCUT2D eigenvalue weighted by Crippen LogP contribution is 2.19. The van der Waals surface area contributed by atoms with E-state index in [0.29, 0.717) is 37.7 Å². The summed E-state index contributed by atoms with van der Waals surface area (Å²) in [6.07, 6.45) is 5.76. The molecule has 1 N–H and O–H groups in total. The van der Waals surface area contributed by atoms with Gasteiger partial charge in [0.1, 0.15) is 0 Å². The van der Waals surface area contributed by atoms with Crippen LogP contribution in [-0.2, 0) is 24.3 Å². The molecule has 1 fully saturated rings. The Morgan fingerprint density at radius 1 is 1.24 bits per heavy atom. The smallest absolute Gasteiger partial charge is 0.226 e. The SMILES string of the molecule is CC(C)c1noc(CCCC(=O)NCc2ccc(CN3CCCC[C@@H]3C)cc2)n1. The number of aromatic nitrogens is 2. The second-order valence-electron chi connectivity index (χ2n) is 8.46. The van der Waals surface area contributed by atoms with Crippen LogP contribution in [0.1, 0.15) is 81.6 Å². The molecule has 0 aliphatic carbocycles. The molecular weight excluding hydrogens is 364 g/mol. The molecular formula is C23H34N4O2. The Hall–Kier alpha value is -2.21. The van der Waals surface area contributed by atoms with Gasteiger partial charge in [0.05, 0.1) is 0 Å². The van der Waals surface area contributed by atoms with Crippen LogP contribution in [0.2, 0.25) is 0 Å². The van der Waals surface area contributed by atoms with Crippen molar-refractivity contribution in [1.29, 1.82) is 0 Å². The third-order valence-electron chi connectivity index (χ3n) is 5.63. The second kappa shape index (κ2) is 10.5. The molecule has 158 valence electrons. The van der Waals surface area contributed by atoms with E-state index in [4.69, 9.17) is 4.52 Å². The van der Waals surface area contributed by atoms with Crippen LogP contribution in [0.15, 0.2) is 28.8 Å². The van der Waals surface area contributed by atoms with Crippen LogP contribution in [0.3, 0.4) is 0 Å². The van der Waals surface area contributed by atoms with E-state index in [1.165, 1.54) is 31.4 Å². The molecule has 1 aliphatic rings. The molecule has 0 unspecified atom stereocenters. The molecule has 1 saturated heterocycles. The maximum Gasteiger partial charge on any atom is 0.226 e. The van der Waals surface area contributed by atoms with E-state index in [-0.39, 0.29) is 11.8 Å². The average Bonchev–Trinajstić information content (AvgIpc) is 3.18. The number of likely N-dealkylation sites (tertiary alicyclic amines) is 1. The minimum absolute atomic E-state index is 0.0554. The molecule has 2 aromatic rings. The van der Waals surface area contributed by atoms with Crippen LogP contribution >= 0.6 is 0 Å². The van der Waals surface area contributed by atoms with Crippen molar-refractivity contribution >= 4 is 5.91 Å². The van der Waals surface area contributed by atoms with Crippen LogP contribution < -0.4 is 5.32 Å². The summed E-state index contributed by atoms with van der Waals surface area (Å²) in [4.78, 5) is 19.0. The standard InChI is InChI=1S/C23H34N4O2/c1-17(2)23-25-22(29-26-23)9-6-8-21(28)24-15-19-10-12-20(13-11-19)16-27-14-5-4-7-18(27)3/h10-13,17-18H,4-9,14-16H2,1-3H3,(H,24,28)/t18-/m0/s1. The lowest BCUT2D eigenvalue weighted by Crippen LogP contribution is -2.36. The molecule has 6 nitrogen and oxygen atoms in total. The molecule has 0 radical (unpaired) electrons. The van der Waals surface area contributed by atoms with E-state index in [1.54, 1.807) is 0 Å². The number of aryl methyl sites for hydroxylation is 1. The average molecular weight is 399 g/mol. The molecule has 1 aromatic carbocycles. The van der Waals surface area contributed by atoms with Gasteiger partial charge in [0.15, 0.2) is 5.82 Å². The van der Waals surface area contributed by atoms with Gasteiger partial charge in [-0.3, -0.25) is 9.69 Å². The minimum atomic E-state index is 0.0554. The number of amides is 1. The lowest BCUT2D eigenvalue weighted by atomic mass is 10.0. The quantitative estimate of drug-likeness (QED) is 0.685. The predicted molar refractivity (Wildman–Crippen MR) is 113 cm³/mol. The van der Waals surface area contributed by atoms with Crippen LogP contribution in [0.25, 0.3) is 0 Å². The van der Waals surface area contributed by atoms with Crippen LogP contribution in [0.4, 0.5) is 0 Å². The maximum atomic E-state index is 12.1. The van der Waals surface area contributed by atoms with E-state index in [9.17, 15) is 4.79 Å². The Morgan fingerprint density at radius 3 is 2.69 bits per heavy atom. The number of rotatable bonds is 9. The number of hydrogen-bond acceptors (Lipinski definition) is 5. The fraction of sp³-hybridized carbons (Fsp3) is 0.609. The van der Waals surface area contributed by atoms with Gasteiger partial charge in [-0.05, 0) is 43.9 Å². The van der Waals surface area contributed by atoms with Crippen molar-refractivity contribution in [3.63, 3.8) is 0 Å². The van der Waals surface area contributed by atoms with Crippen LogP contribution in [-0.4, -0.2) is 33.5 Å². The van der Waals surface area contributed by atoms with Gasteiger partial charge in [0.2, 0.25) is 11.8 Å². The van der Waals surface area contributed by atoms with Crippen LogP contribution in [0, 0.1) is 0 Å². The summed E-state index contributed by atoms with van der Waals surface area (Å²) in [6, 6.07) is 9.29. The van der Waals surface area contributed by atoms with E-state index in [0.717, 1.165) is 17.9 Å². The third-order valence-corrected chi connectivity index (χ3v) is 5.63. The van der Waals surface area contributed by atoms with E-state index < -0.39 is 0 Å². The number of hydrogen-bond donors (Lipinski definition) is 1. The van der Waals surface area contributed by atoms with Gasteiger partial charge in [-0.25, -0.2) is 0 Å². The molecule has 0 bridgehead atoms. The Balaban J connectivity index is 1.36. The zero-order valence-electron chi connectivity index (χ0n) is 18.0. The Kier molecular flexibility index (Phi) is 7.81. The summed E-state index contributed by atoms with van der Waals surface area (Å²) >= 11 is 0. The molecule has 6 heteroatoms. The van der Waals surface area contributed by atoms with Gasteiger partial charge in [-0.2, -0.15) is 4.98 Å². The lowest BCUT2D eigenvalue weighted by molar-refractivity contribution is -0.121. The first-order valence-electron chi connectivity index (χ1n) is 10.9. The van der Waals surface area contributed by atoms with Gasteiger partial charge in [-0.15, -0.1) is 0 Å². The molecule has 1 aromatic heterocycles. The highest BCUT2D eigenvalue weighted by atomic mass is 16.5. The summed E-state index contributed by atoms with van der Waals surface area (Å²) in [7, 11) is 0. The molecule has 2 heterocycles. The Bertz CT molecular complexity index is 769. The Labute approximate surface area is 174 Å². The highest BCUT2D eigenvalue weighted by molar-refractivity contribution is 5.75. The normalized spacial score (nSPS) is 17.6. The first-order chi connectivity index (χ1) is 14.0. The van der Waals surface area contributed by atoms with Crippen molar-refractivity contribution in [2.75, 3.05) is 6.54 Å². The van der Waals surface area contributed by atoms with Crippen molar-refractivity contribution in [3.8, 4) is 0 Å². The van der Waals surface area contributed by atoms with E-state index in [1.807, 2.05) is 13.8 Å². The number of benzene rings is 1. The summed E-state index contributed by atoms with van der Waals surface area (Å²) < 4.78 is 5.21. The zero-order chi connectivity index (χ0) is 20.6. The van der Waals surface area contributed by atoms with E-state index in [2.05, 4.69) is 51.5 Å². The molecule has 0 spiro atoms. The second-order valence-corrected chi connectivity index (χ2v) is 8.46. The summed E-state index contributed by atoms with van der Waals surface area (Å²) in [5, 5.41) is 6.95. The molecule has 1 amide bonds. The molecule has 1 atom stereocenters. The zero-order valence-corrected chi connectivity index (χ0v) is 18.0. The maximum absolute atomic E-state index is 12.1. The Morgan fingerprint density at radius 2 is 2.00 bits per heavy atom. The van der Waals surface area contributed by atoms with Crippen molar-refractivity contribution in [2.45, 2.75) is 84.3 Å². The monoisotopic (exact) mass is 398 g/mol. The van der Waals surface area contributed by atoms with E-state index >= 15 is 0 Å². The van der Waals surface area contributed by atoms with Crippen molar-refractivity contribution in [2.24, 2.45) is 0 Å².